The van der Waals surface area contributed by atoms with Crippen molar-refractivity contribution in [2.24, 2.45) is 5.10 Å². The number of carbonyl (C=O) groups is 3. The van der Waals surface area contributed by atoms with Crippen molar-refractivity contribution in [2.75, 3.05) is 7.11 Å². The number of amides is 3. The summed E-state index contributed by atoms with van der Waals surface area (Å²) in [6, 6.07) is 6.06. The van der Waals surface area contributed by atoms with Gasteiger partial charge in [-0.25, -0.2) is 9.59 Å². The van der Waals surface area contributed by atoms with Gasteiger partial charge in [0, 0.05) is 0 Å². The van der Waals surface area contributed by atoms with Gasteiger partial charge in [-0.1, -0.05) is 31.4 Å². The Morgan fingerprint density at radius 2 is 1.88 bits per heavy atom. The Kier molecular flexibility index (Phi) is 4.33. The summed E-state index contributed by atoms with van der Waals surface area (Å²) in [5.74, 6) is -0.707. The van der Waals surface area contributed by atoms with Gasteiger partial charge in [-0.15, -0.1) is 5.01 Å². The van der Waals surface area contributed by atoms with Crippen LogP contribution in [0.15, 0.2) is 29.4 Å². The fourth-order valence-corrected chi connectivity index (χ4v) is 3.15. The summed E-state index contributed by atoms with van der Waals surface area (Å²) >= 11 is 0. The molecule has 24 heavy (non-hydrogen) atoms. The number of nitrogens with zero attached hydrogens (tertiary/aromatic N) is 2. The second-order valence-corrected chi connectivity index (χ2v) is 6.05. The first kappa shape index (κ1) is 16.2. The molecule has 3 rings (SSSR count). The predicted molar refractivity (Wildman–Crippen MR) is 86.6 cm³/mol. The van der Waals surface area contributed by atoms with Crippen LogP contribution in [0.1, 0.15) is 48.0 Å². The number of carbonyl (C=O) groups excluding carboxylic acids is 3. The zero-order valence-electron chi connectivity index (χ0n) is 13.4. The molecule has 1 aliphatic heterocycles. The summed E-state index contributed by atoms with van der Waals surface area (Å²) in [6.45, 7) is 0. The van der Waals surface area contributed by atoms with Crippen LogP contribution in [0.4, 0.5) is 4.79 Å². The lowest BCUT2D eigenvalue weighted by molar-refractivity contribution is -0.132. The molecule has 0 atom stereocenters. The number of methoxy groups -OCH3 is 1. The van der Waals surface area contributed by atoms with Gasteiger partial charge in [0.25, 0.3) is 5.91 Å². The topological polar surface area (TPSA) is 88.1 Å². The largest absolute Gasteiger partial charge is 0.465 e. The van der Waals surface area contributed by atoms with Gasteiger partial charge in [0.1, 0.15) is 5.54 Å². The highest BCUT2D eigenvalue weighted by molar-refractivity contribution is 6.07. The SMILES string of the molecule is COC(=O)c1ccc(/C=N\N2C(=O)NC3(CCCCC3)C2=O)cc1. The lowest BCUT2D eigenvalue weighted by Gasteiger charge is -2.29. The molecular weight excluding hydrogens is 310 g/mol. The third-order valence-electron chi connectivity index (χ3n) is 4.50. The van der Waals surface area contributed by atoms with Crippen molar-refractivity contribution in [3.8, 4) is 0 Å². The van der Waals surface area contributed by atoms with Crippen molar-refractivity contribution in [3.05, 3.63) is 35.4 Å². The van der Waals surface area contributed by atoms with Crippen molar-refractivity contribution in [1.29, 1.82) is 0 Å². The molecule has 7 heteroatoms. The quantitative estimate of drug-likeness (QED) is 0.522. The summed E-state index contributed by atoms with van der Waals surface area (Å²) in [7, 11) is 1.32. The molecule has 1 aromatic rings. The number of urea groups is 1. The Labute approximate surface area is 139 Å². The zero-order chi connectivity index (χ0) is 17.2. The van der Waals surface area contributed by atoms with Crippen LogP contribution in [-0.4, -0.2) is 41.8 Å². The van der Waals surface area contributed by atoms with E-state index in [9.17, 15) is 14.4 Å². The third-order valence-corrected chi connectivity index (χ3v) is 4.50. The fraction of sp³-hybridized carbons (Fsp3) is 0.412. The standard InChI is InChI=1S/C17H19N3O4/c1-24-14(21)13-7-5-12(6-8-13)11-18-20-15(22)17(19-16(20)23)9-3-2-4-10-17/h5-8,11H,2-4,9-10H2,1H3,(H,19,23)/b18-11-. The summed E-state index contributed by atoms with van der Waals surface area (Å²) in [4.78, 5) is 36.0. The lowest BCUT2D eigenvalue weighted by atomic mass is 9.82. The smallest absolute Gasteiger partial charge is 0.346 e. The van der Waals surface area contributed by atoms with Crippen molar-refractivity contribution in [2.45, 2.75) is 37.6 Å². The van der Waals surface area contributed by atoms with Crippen LogP contribution in [0.2, 0.25) is 0 Å². The fourth-order valence-electron chi connectivity index (χ4n) is 3.15. The van der Waals surface area contributed by atoms with Crippen LogP contribution in [-0.2, 0) is 9.53 Å². The molecule has 7 nitrogen and oxygen atoms in total. The molecule has 2 fully saturated rings. The molecule has 2 aliphatic rings. The van der Waals surface area contributed by atoms with Crippen LogP contribution in [0, 0.1) is 0 Å². The monoisotopic (exact) mass is 329 g/mol. The van der Waals surface area contributed by atoms with Crippen molar-refractivity contribution >= 4 is 24.1 Å². The molecule has 1 heterocycles. The molecule has 126 valence electrons. The Morgan fingerprint density at radius 1 is 1.21 bits per heavy atom. The summed E-state index contributed by atoms with van der Waals surface area (Å²) in [5, 5.41) is 7.73. The van der Waals surface area contributed by atoms with E-state index in [1.54, 1.807) is 24.3 Å². The number of hydrazone groups is 1. The van der Waals surface area contributed by atoms with E-state index in [4.69, 9.17) is 0 Å². The van der Waals surface area contributed by atoms with Crippen LogP contribution in [0.3, 0.4) is 0 Å². The van der Waals surface area contributed by atoms with Crippen LogP contribution < -0.4 is 5.32 Å². The minimum absolute atomic E-state index is 0.283. The molecule has 0 aromatic heterocycles. The van der Waals surface area contributed by atoms with Gasteiger partial charge in [0.05, 0.1) is 18.9 Å². The number of benzene rings is 1. The number of esters is 1. The van der Waals surface area contributed by atoms with E-state index in [2.05, 4.69) is 15.2 Å². The highest BCUT2D eigenvalue weighted by Crippen LogP contribution is 2.33. The molecule has 1 saturated carbocycles. The first-order chi connectivity index (χ1) is 11.6. The van der Waals surface area contributed by atoms with E-state index in [0.717, 1.165) is 24.3 Å². The maximum atomic E-state index is 12.6. The molecule has 1 saturated heterocycles. The van der Waals surface area contributed by atoms with Gasteiger partial charge in [0.2, 0.25) is 0 Å². The number of nitrogens with one attached hydrogen (secondary N) is 1. The van der Waals surface area contributed by atoms with E-state index < -0.39 is 17.5 Å². The van der Waals surface area contributed by atoms with E-state index in [0.29, 0.717) is 24.0 Å². The number of hydrogen-bond acceptors (Lipinski definition) is 5. The van der Waals surface area contributed by atoms with Gasteiger partial charge in [-0.2, -0.15) is 5.10 Å². The molecular formula is C17H19N3O4. The second kappa shape index (κ2) is 6.43. The molecule has 0 unspecified atom stereocenters. The summed E-state index contributed by atoms with van der Waals surface area (Å²) in [6.07, 6.45) is 5.70. The maximum Gasteiger partial charge on any atom is 0.346 e. The Hall–Kier alpha value is -2.70. The van der Waals surface area contributed by atoms with Gasteiger partial charge in [-0.3, -0.25) is 4.79 Å². The van der Waals surface area contributed by atoms with Gasteiger partial charge >= 0.3 is 12.0 Å². The first-order valence-corrected chi connectivity index (χ1v) is 7.95. The van der Waals surface area contributed by atoms with Crippen LogP contribution in [0.5, 0.6) is 0 Å². The predicted octanol–water partition coefficient (Wildman–Crippen LogP) is 2.06. The molecule has 0 bridgehead atoms. The van der Waals surface area contributed by atoms with E-state index in [1.165, 1.54) is 13.3 Å². The number of hydrogen-bond donors (Lipinski definition) is 1. The van der Waals surface area contributed by atoms with Gasteiger partial charge in [0.15, 0.2) is 0 Å². The number of ether oxygens (including phenoxy) is 1. The van der Waals surface area contributed by atoms with Gasteiger partial charge < -0.3 is 10.1 Å². The highest BCUT2D eigenvalue weighted by atomic mass is 16.5. The maximum absolute atomic E-state index is 12.6. The highest BCUT2D eigenvalue weighted by Gasteiger charge is 2.51. The van der Waals surface area contributed by atoms with Crippen molar-refractivity contribution in [1.82, 2.24) is 10.3 Å². The zero-order valence-corrected chi connectivity index (χ0v) is 13.4. The second-order valence-electron chi connectivity index (χ2n) is 6.05. The molecule has 0 radical (unpaired) electrons. The summed E-state index contributed by atoms with van der Waals surface area (Å²) in [5.41, 5.74) is 0.320. The van der Waals surface area contributed by atoms with Crippen molar-refractivity contribution in [3.63, 3.8) is 0 Å². The minimum Gasteiger partial charge on any atom is -0.465 e. The molecule has 1 N–H and O–H groups in total. The van der Waals surface area contributed by atoms with E-state index >= 15 is 0 Å². The average Bonchev–Trinajstić information content (AvgIpc) is 2.83. The normalized spacial score (nSPS) is 19.8. The van der Waals surface area contributed by atoms with Crippen LogP contribution >= 0.6 is 0 Å². The van der Waals surface area contributed by atoms with Crippen molar-refractivity contribution < 1.29 is 19.1 Å². The number of rotatable bonds is 3. The Bertz CT molecular complexity index is 690. The molecule has 3 amide bonds. The molecule has 1 spiro atoms. The lowest BCUT2D eigenvalue weighted by Crippen LogP contribution is -2.48. The Morgan fingerprint density at radius 3 is 2.50 bits per heavy atom. The average molecular weight is 329 g/mol. The molecule has 1 aliphatic carbocycles. The van der Waals surface area contributed by atoms with E-state index in [-0.39, 0.29) is 5.91 Å². The van der Waals surface area contributed by atoms with Crippen LogP contribution in [0.25, 0.3) is 0 Å². The number of imide groups is 1. The van der Waals surface area contributed by atoms with Gasteiger partial charge in [-0.05, 0) is 30.5 Å². The Balaban J connectivity index is 1.73. The first-order valence-electron chi connectivity index (χ1n) is 7.95. The molecule has 1 aromatic carbocycles. The summed E-state index contributed by atoms with van der Waals surface area (Å²) < 4.78 is 4.63. The third kappa shape index (κ3) is 2.89. The minimum atomic E-state index is -0.776. The van der Waals surface area contributed by atoms with E-state index in [1.807, 2.05) is 0 Å².